The Hall–Kier alpha value is -2.26. The summed E-state index contributed by atoms with van der Waals surface area (Å²) < 4.78 is 5.67. The van der Waals surface area contributed by atoms with Crippen LogP contribution in [0.3, 0.4) is 0 Å². The van der Waals surface area contributed by atoms with Gasteiger partial charge in [-0.1, -0.05) is 38.0 Å². The summed E-state index contributed by atoms with van der Waals surface area (Å²) in [6.07, 6.45) is 4.85. The molecule has 0 saturated carbocycles. The van der Waals surface area contributed by atoms with Crippen molar-refractivity contribution in [3.63, 3.8) is 0 Å². The van der Waals surface area contributed by atoms with Gasteiger partial charge in [0.05, 0.1) is 6.61 Å². The van der Waals surface area contributed by atoms with E-state index in [9.17, 15) is 0 Å². The molecule has 0 fully saturated rings. The summed E-state index contributed by atoms with van der Waals surface area (Å²) >= 11 is 0. The van der Waals surface area contributed by atoms with Gasteiger partial charge in [0.1, 0.15) is 23.5 Å². The molecule has 0 saturated heterocycles. The predicted molar refractivity (Wildman–Crippen MR) is 70.7 cm³/mol. The molecular formula is C15H16N2O. The van der Waals surface area contributed by atoms with Crippen LogP contribution < -0.4 is 4.74 Å². The first-order chi connectivity index (χ1) is 8.81. The fraction of sp³-hybridized carbons (Fsp3) is 0.333. The van der Waals surface area contributed by atoms with Gasteiger partial charge in [-0.2, -0.15) is 10.5 Å². The van der Waals surface area contributed by atoms with E-state index in [2.05, 4.69) is 6.92 Å². The van der Waals surface area contributed by atoms with Crippen molar-refractivity contribution in [1.29, 1.82) is 10.5 Å². The van der Waals surface area contributed by atoms with Crippen LogP contribution in [0.5, 0.6) is 5.75 Å². The zero-order valence-electron chi connectivity index (χ0n) is 10.5. The van der Waals surface area contributed by atoms with Gasteiger partial charge in [-0.25, -0.2) is 0 Å². The summed E-state index contributed by atoms with van der Waals surface area (Å²) in [5.74, 6) is 0.719. The molecule has 3 nitrogen and oxygen atoms in total. The second-order valence-electron chi connectivity index (χ2n) is 3.88. The molecule has 3 heteroatoms. The summed E-state index contributed by atoms with van der Waals surface area (Å²) in [5.41, 5.74) is 0.853. The monoisotopic (exact) mass is 240 g/mol. The summed E-state index contributed by atoms with van der Waals surface area (Å²) in [5, 5.41) is 17.5. The molecule has 0 amide bonds. The molecule has 0 bridgehead atoms. The first-order valence-electron chi connectivity index (χ1n) is 6.05. The molecule has 0 aliphatic carbocycles. The minimum absolute atomic E-state index is 0.0830. The van der Waals surface area contributed by atoms with Crippen molar-refractivity contribution in [2.45, 2.75) is 26.2 Å². The molecule has 0 aromatic heterocycles. The van der Waals surface area contributed by atoms with Gasteiger partial charge in [0, 0.05) is 5.56 Å². The van der Waals surface area contributed by atoms with Crippen molar-refractivity contribution in [3.8, 4) is 17.9 Å². The van der Waals surface area contributed by atoms with Gasteiger partial charge in [0.25, 0.3) is 0 Å². The lowest BCUT2D eigenvalue weighted by molar-refractivity contribution is 0.305. The van der Waals surface area contributed by atoms with Gasteiger partial charge in [0.2, 0.25) is 0 Å². The Bertz CT molecular complexity index is 476. The van der Waals surface area contributed by atoms with Crippen molar-refractivity contribution in [3.05, 3.63) is 35.4 Å². The van der Waals surface area contributed by atoms with E-state index in [4.69, 9.17) is 15.3 Å². The number of unbranched alkanes of at least 4 members (excludes halogenated alkanes) is 2. The van der Waals surface area contributed by atoms with Crippen LogP contribution in [0.4, 0.5) is 0 Å². The first-order valence-corrected chi connectivity index (χ1v) is 6.05. The SMILES string of the molecule is CCCCCOc1ccccc1C=C(C#N)C#N. The zero-order chi connectivity index (χ0) is 13.2. The molecule has 0 spiro atoms. The van der Waals surface area contributed by atoms with Crippen molar-refractivity contribution in [2.75, 3.05) is 6.61 Å². The van der Waals surface area contributed by atoms with Crippen LogP contribution in [0.25, 0.3) is 6.08 Å². The number of nitriles is 2. The average molecular weight is 240 g/mol. The van der Waals surface area contributed by atoms with E-state index in [0.717, 1.165) is 30.6 Å². The van der Waals surface area contributed by atoms with Crippen LogP contribution in [0.1, 0.15) is 31.7 Å². The molecule has 0 unspecified atom stereocenters. The molecular weight excluding hydrogens is 224 g/mol. The van der Waals surface area contributed by atoms with Crippen molar-refractivity contribution in [2.24, 2.45) is 0 Å². The molecule has 0 radical (unpaired) electrons. The molecule has 0 heterocycles. The summed E-state index contributed by atoms with van der Waals surface area (Å²) in [6, 6.07) is 11.1. The number of benzene rings is 1. The first kappa shape index (κ1) is 13.8. The fourth-order valence-electron chi connectivity index (χ4n) is 1.51. The minimum Gasteiger partial charge on any atom is -0.493 e. The Kier molecular flexibility index (Phi) is 6.08. The molecule has 0 atom stereocenters. The standard InChI is InChI=1S/C15H16N2O/c1-2-3-6-9-18-15-8-5-4-7-14(15)10-13(11-16)12-17/h4-5,7-8,10H,2-3,6,9H2,1H3. The van der Waals surface area contributed by atoms with Gasteiger partial charge in [-0.05, 0) is 18.6 Å². The highest BCUT2D eigenvalue weighted by molar-refractivity contribution is 5.66. The number of rotatable bonds is 6. The number of hydrogen-bond donors (Lipinski definition) is 0. The van der Waals surface area contributed by atoms with Gasteiger partial charge >= 0.3 is 0 Å². The number of ether oxygens (including phenoxy) is 1. The predicted octanol–water partition coefficient (Wildman–Crippen LogP) is 3.69. The van der Waals surface area contributed by atoms with Gasteiger partial charge < -0.3 is 4.74 Å². The lowest BCUT2D eigenvalue weighted by Crippen LogP contribution is -1.98. The van der Waals surface area contributed by atoms with E-state index in [0.29, 0.717) is 6.61 Å². The lowest BCUT2D eigenvalue weighted by atomic mass is 10.1. The highest BCUT2D eigenvalue weighted by Crippen LogP contribution is 2.21. The highest BCUT2D eigenvalue weighted by Gasteiger charge is 2.02. The maximum atomic E-state index is 8.74. The number of nitrogens with zero attached hydrogens (tertiary/aromatic N) is 2. The third-order valence-corrected chi connectivity index (χ3v) is 2.47. The van der Waals surface area contributed by atoms with Crippen molar-refractivity contribution >= 4 is 6.08 Å². The summed E-state index contributed by atoms with van der Waals surface area (Å²) in [6.45, 7) is 2.80. The molecule has 0 N–H and O–H groups in total. The van der Waals surface area contributed by atoms with Gasteiger partial charge in [0.15, 0.2) is 0 Å². The highest BCUT2D eigenvalue weighted by atomic mass is 16.5. The molecule has 0 aliphatic rings. The Balaban J connectivity index is 2.78. The van der Waals surface area contributed by atoms with E-state index in [1.807, 2.05) is 36.4 Å². The van der Waals surface area contributed by atoms with Gasteiger partial charge in [-0.15, -0.1) is 0 Å². The Morgan fingerprint density at radius 2 is 1.94 bits per heavy atom. The summed E-state index contributed by atoms with van der Waals surface area (Å²) in [7, 11) is 0. The molecule has 18 heavy (non-hydrogen) atoms. The van der Waals surface area contributed by atoms with Crippen molar-refractivity contribution in [1.82, 2.24) is 0 Å². The minimum atomic E-state index is 0.0830. The Morgan fingerprint density at radius 1 is 1.22 bits per heavy atom. The second kappa shape index (κ2) is 7.92. The van der Waals surface area contributed by atoms with E-state index in [1.54, 1.807) is 6.08 Å². The Morgan fingerprint density at radius 3 is 2.61 bits per heavy atom. The van der Waals surface area contributed by atoms with E-state index < -0.39 is 0 Å². The maximum absolute atomic E-state index is 8.74. The van der Waals surface area contributed by atoms with Crippen LogP contribution in [0.15, 0.2) is 29.8 Å². The number of hydrogen-bond acceptors (Lipinski definition) is 3. The Labute approximate surface area is 108 Å². The smallest absolute Gasteiger partial charge is 0.130 e. The molecule has 1 aromatic rings. The third-order valence-electron chi connectivity index (χ3n) is 2.47. The summed E-state index contributed by atoms with van der Waals surface area (Å²) in [4.78, 5) is 0. The molecule has 1 rings (SSSR count). The lowest BCUT2D eigenvalue weighted by Gasteiger charge is -2.08. The van der Waals surface area contributed by atoms with Crippen LogP contribution in [0, 0.1) is 22.7 Å². The number of para-hydroxylation sites is 1. The fourth-order valence-corrected chi connectivity index (χ4v) is 1.51. The molecule has 0 aliphatic heterocycles. The van der Waals surface area contributed by atoms with E-state index in [-0.39, 0.29) is 5.57 Å². The third kappa shape index (κ3) is 4.31. The normalized spacial score (nSPS) is 9.06. The molecule has 92 valence electrons. The average Bonchev–Trinajstić information content (AvgIpc) is 2.42. The topological polar surface area (TPSA) is 56.8 Å². The largest absolute Gasteiger partial charge is 0.493 e. The quantitative estimate of drug-likeness (QED) is 0.563. The van der Waals surface area contributed by atoms with Crippen molar-refractivity contribution < 1.29 is 4.74 Å². The number of allylic oxidation sites excluding steroid dienone is 1. The van der Waals surface area contributed by atoms with Crippen LogP contribution in [0.2, 0.25) is 0 Å². The van der Waals surface area contributed by atoms with Crippen LogP contribution in [-0.4, -0.2) is 6.61 Å². The second-order valence-corrected chi connectivity index (χ2v) is 3.88. The van der Waals surface area contributed by atoms with E-state index >= 15 is 0 Å². The molecule has 1 aromatic carbocycles. The van der Waals surface area contributed by atoms with Crippen LogP contribution >= 0.6 is 0 Å². The van der Waals surface area contributed by atoms with Gasteiger partial charge in [-0.3, -0.25) is 0 Å². The van der Waals surface area contributed by atoms with E-state index in [1.165, 1.54) is 0 Å². The maximum Gasteiger partial charge on any atom is 0.130 e. The van der Waals surface area contributed by atoms with Crippen LogP contribution in [-0.2, 0) is 0 Å². The zero-order valence-corrected chi connectivity index (χ0v) is 10.5.